The van der Waals surface area contributed by atoms with E-state index in [2.05, 4.69) is 31.4 Å². The number of nitrogens with one attached hydrogen (secondary N) is 1. The molecular weight excluding hydrogens is 526 g/mol. The number of aromatic amines is 1. The highest BCUT2D eigenvalue weighted by Crippen LogP contribution is 2.26. The highest BCUT2D eigenvalue weighted by atomic mass is 19.4. The third-order valence-corrected chi connectivity index (χ3v) is 6.58. The van der Waals surface area contributed by atoms with Crippen LogP contribution in [0.15, 0.2) is 37.2 Å². The van der Waals surface area contributed by atoms with Crippen molar-refractivity contribution >= 4 is 35.2 Å². The van der Waals surface area contributed by atoms with E-state index in [0.29, 0.717) is 31.9 Å². The molecule has 1 fully saturated rings. The summed E-state index contributed by atoms with van der Waals surface area (Å²) >= 11 is 0. The van der Waals surface area contributed by atoms with Crippen LogP contribution in [0.2, 0.25) is 0 Å². The van der Waals surface area contributed by atoms with Gasteiger partial charge in [-0.2, -0.15) is 13.2 Å². The predicted molar refractivity (Wildman–Crippen MR) is 149 cm³/mol. The first kappa shape index (κ1) is 30.8. The molecule has 3 rings (SSSR count). The molecular formula is C29H35F4N5O2. The van der Waals surface area contributed by atoms with Crippen LogP contribution in [-0.2, 0) is 9.53 Å². The number of carbonyl (C=O) groups excluding carboxylic acids is 1. The third-order valence-electron chi connectivity index (χ3n) is 6.58. The van der Waals surface area contributed by atoms with Gasteiger partial charge in [-0.05, 0) is 57.3 Å². The van der Waals surface area contributed by atoms with E-state index in [-0.39, 0.29) is 40.7 Å². The lowest BCUT2D eigenvalue weighted by Crippen LogP contribution is -2.27. The first-order valence-corrected chi connectivity index (χ1v) is 13.3. The van der Waals surface area contributed by atoms with Crippen LogP contribution in [0.3, 0.4) is 0 Å². The van der Waals surface area contributed by atoms with Gasteiger partial charge in [0.05, 0.1) is 23.9 Å². The number of ether oxygens (including phenoxy) is 1. The standard InChI is InChI=1S/C29H35F4N5O2/c1-5-20(10-11-23(19(4)30)26-36-24(6-2)25(37-26)12-14-29(31,32)33)22-17-34-28(35-18-22)38-15-8-9-21(13-16-38)27(39)40-7-3/h6,10-12,14,17-19,21H,2,5,7-9,13,15-16H2,1,3-4H3,(H,36,37)/b14-12+,20-10+,23-11+. The van der Waals surface area contributed by atoms with Gasteiger partial charge in [-0.3, -0.25) is 4.79 Å². The number of rotatable bonds is 10. The molecule has 0 amide bonds. The average molecular weight is 562 g/mol. The van der Waals surface area contributed by atoms with Crippen LogP contribution < -0.4 is 4.90 Å². The highest BCUT2D eigenvalue weighted by molar-refractivity contribution is 5.74. The molecule has 11 heteroatoms. The number of anilines is 1. The van der Waals surface area contributed by atoms with Crippen molar-refractivity contribution in [2.75, 3.05) is 24.6 Å². The van der Waals surface area contributed by atoms with Crippen molar-refractivity contribution < 1.29 is 27.1 Å². The second-order valence-corrected chi connectivity index (χ2v) is 9.39. The normalized spacial score (nSPS) is 18.1. The van der Waals surface area contributed by atoms with Crippen molar-refractivity contribution in [3.63, 3.8) is 0 Å². The quantitative estimate of drug-likeness (QED) is 0.195. The first-order chi connectivity index (χ1) is 19.1. The summed E-state index contributed by atoms with van der Waals surface area (Å²) in [6, 6.07) is 0. The minimum atomic E-state index is -4.50. The maximum absolute atomic E-state index is 14.6. The lowest BCUT2D eigenvalue weighted by Gasteiger charge is -2.20. The van der Waals surface area contributed by atoms with E-state index in [1.54, 1.807) is 31.5 Å². The summed E-state index contributed by atoms with van der Waals surface area (Å²) in [6.45, 7) is 10.4. The largest absolute Gasteiger partial charge is 0.466 e. The molecule has 0 aromatic carbocycles. The number of aromatic nitrogens is 4. The van der Waals surface area contributed by atoms with Gasteiger partial charge >= 0.3 is 12.1 Å². The number of hydrogen-bond acceptors (Lipinski definition) is 6. The van der Waals surface area contributed by atoms with Crippen LogP contribution >= 0.6 is 0 Å². The van der Waals surface area contributed by atoms with E-state index < -0.39 is 12.3 Å². The lowest BCUT2D eigenvalue weighted by atomic mass is 10.0. The molecule has 2 aromatic heterocycles. The minimum Gasteiger partial charge on any atom is -0.466 e. The Morgan fingerprint density at radius 1 is 1.23 bits per heavy atom. The Balaban J connectivity index is 1.80. The Bertz CT molecular complexity index is 1250. The van der Waals surface area contributed by atoms with Crippen LogP contribution in [0.25, 0.3) is 23.3 Å². The van der Waals surface area contributed by atoms with E-state index >= 15 is 0 Å². The van der Waals surface area contributed by atoms with Crippen molar-refractivity contribution in [2.45, 2.75) is 58.8 Å². The Labute approximate surface area is 231 Å². The van der Waals surface area contributed by atoms with Gasteiger partial charge in [0.15, 0.2) is 0 Å². The van der Waals surface area contributed by atoms with Crippen molar-refractivity contribution in [3.8, 4) is 0 Å². The van der Waals surface area contributed by atoms with E-state index in [9.17, 15) is 22.4 Å². The summed E-state index contributed by atoms with van der Waals surface area (Å²) in [4.78, 5) is 30.3. The minimum absolute atomic E-state index is 0.0830. The highest BCUT2D eigenvalue weighted by Gasteiger charge is 2.25. The van der Waals surface area contributed by atoms with Gasteiger partial charge in [0.2, 0.25) is 5.95 Å². The molecule has 1 aliphatic heterocycles. The summed E-state index contributed by atoms with van der Waals surface area (Å²) in [6.07, 6.45) is 5.89. The Morgan fingerprint density at radius 3 is 2.55 bits per heavy atom. The SMILES string of the molecule is C=Cc1nc(/C(=C/C=C(\CC)c2cnc(N3CCCC(C(=O)OCC)CC3)nc2)C(C)F)[nH]c1/C=C/C(F)(F)F. The number of nitrogens with zero attached hydrogens (tertiary/aromatic N) is 4. The zero-order chi connectivity index (χ0) is 29.3. The fourth-order valence-electron chi connectivity index (χ4n) is 4.45. The maximum atomic E-state index is 14.6. The maximum Gasteiger partial charge on any atom is 0.409 e. The fourth-order valence-corrected chi connectivity index (χ4v) is 4.45. The molecule has 1 N–H and O–H groups in total. The van der Waals surface area contributed by atoms with Gasteiger partial charge in [-0.1, -0.05) is 25.7 Å². The fraction of sp³-hybridized carbons (Fsp3) is 0.448. The number of halogens is 4. The van der Waals surface area contributed by atoms with Crippen molar-refractivity contribution in [3.05, 3.63) is 60.0 Å². The molecule has 0 radical (unpaired) electrons. The number of hydrogen-bond donors (Lipinski definition) is 1. The molecule has 7 nitrogen and oxygen atoms in total. The second-order valence-electron chi connectivity index (χ2n) is 9.39. The molecule has 216 valence electrons. The summed E-state index contributed by atoms with van der Waals surface area (Å²) in [7, 11) is 0. The van der Waals surface area contributed by atoms with Crippen LogP contribution in [0.1, 0.15) is 69.2 Å². The topological polar surface area (TPSA) is 84.0 Å². The van der Waals surface area contributed by atoms with Crippen molar-refractivity contribution in [2.24, 2.45) is 5.92 Å². The van der Waals surface area contributed by atoms with Gasteiger partial charge in [-0.15, -0.1) is 0 Å². The number of alkyl halides is 4. The zero-order valence-corrected chi connectivity index (χ0v) is 23.0. The smallest absolute Gasteiger partial charge is 0.409 e. The van der Waals surface area contributed by atoms with Gasteiger partial charge in [0.1, 0.15) is 12.0 Å². The molecule has 0 saturated carbocycles. The molecule has 3 heterocycles. The number of esters is 1. The monoisotopic (exact) mass is 561 g/mol. The van der Waals surface area contributed by atoms with Crippen molar-refractivity contribution in [1.82, 2.24) is 19.9 Å². The van der Waals surface area contributed by atoms with Gasteiger partial charge in [0, 0.05) is 42.7 Å². The summed E-state index contributed by atoms with van der Waals surface area (Å²) in [5, 5.41) is 0. The summed E-state index contributed by atoms with van der Waals surface area (Å²) in [5.41, 5.74) is 2.05. The van der Waals surface area contributed by atoms with Crippen LogP contribution in [0.4, 0.5) is 23.5 Å². The van der Waals surface area contributed by atoms with E-state index in [4.69, 9.17) is 4.74 Å². The molecule has 40 heavy (non-hydrogen) atoms. The number of allylic oxidation sites excluding steroid dienone is 5. The number of carbonyl (C=O) groups is 1. The van der Waals surface area contributed by atoms with Crippen LogP contribution in [-0.4, -0.2) is 57.9 Å². The van der Waals surface area contributed by atoms with E-state index in [0.717, 1.165) is 36.6 Å². The lowest BCUT2D eigenvalue weighted by molar-refractivity contribution is -0.148. The summed E-state index contributed by atoms with van der Waals surface area (Å²) in [5.74, 6) is 0.417. The van der Waals surface area contributed by atoms with Gasteiger partial charge < -0.3 is 14.6 Å². The summed E-state index contributed by atoms with van der Waals surface area (Å²) < 4.78 is 57.7. The third kappa shape index (κ3) is 8.37. The molecule has 1 aliphatic rings. The first-order valence-electron chi connectivity index (χ1n) is 13.3. The Kier molecular flexibility index (Phi) is 10.8. The molecule has 0 spiro atoms. The zero-order valence-electron chi connectivity index (χ0n) is 23.0. The molecule has 2 atom stereocenters. The number of imidazole rings is 1. The van der Waals surface area contributed by atoms with Gasteiger partial charge in [-0.25, -0.2) is 19.3 Å². The van der Waals surface area contributed by atoms with Gasteiger partial charge in [0.25, 0.3) is 0 Å². The molecule has 0 aliphatic carbocycles. The van der Waals surface area contributed by atoms with Crippen LogP contribution in [0.5, 0.6) is 0 Å². The van der Waals surface area contributed by atoms with Crippen molar-refractivity contribution in [1.29, 1.82) is 0 Å². The molecule has 1 saturated heterocycles. The average Bonchev–Trinajstić information content (AvgIpc) is 3.16. The Hall–Kier alpha value is -3.76. The predicted octanol–water partition coefficient (Wildman–Crippen LogP) is 6.82. The van der Waals surface area contributed by atoms with E-state index in [1.165, 1.54) is 13.0 Å². The van der Waals surface area contributed by atoms with Crippen LogP contribution in [0, 0.1) is 5.92 Å². The Morgan fingerprint density at radius 2 is 1.95 bits per heavy atom. The molecule has 2 unspecified atom stereocenters. The van der Waals surface area contributed by atoms with E-state index in [1.807, 2.05) is 6.92 Å². The molecule has 0 bridgehead atoms. The second kappa shape index (κ2) is 14.0. The number of H-pyrrole nitrogens is 1. The molecule has 2 aromatic rings.